The van der Waals surface area contributed by atoms with E-state index < -0.39 is 34.9 Å². The first-order valence-electron chi connectivity index (χ1n) is 16.2. The van der Waals surface area contributed by atoms with Crippen LogP contribution in [0.4, 0.5) is 4.79 Å². The summed E-state index contributed by atoms with van der Waals surface area (Å²) in [6.45, 7) is 6.26. The number of amides is 3. The van der Waals surface area contributed by atoms with Crippen LogP contribution in [-0.2, 0) is 27.3 Å². The van der Waals surface area contributed by atoms with Gasteiger partial charge in [0.05, 0.1) is 11.9 Å². The lowest BCUT2D eigenvalue weighted by molar-refractivity contribution is -0.147. The molecule has 0 saturated carbocycles. The van der Waals surface area contributed by atoms with Crippen LogP contribution < -0.4 is 10.6 Å². The second-order valence-electron chi connectivity index (χ2n) is 12.9. The number of alkyl carbamates (subject to hydrolysis) is 1. The van der Waals surface area contributed by atoms with E-state index in [2.05, 4.69) is 22.8 Å². The lowest BCUT2D eigenvalue weighted by Crippen LogP contribution is -2.58. The normalized spacial score (nSPS) is 17.6. The molecular weight excluding hydrogens is 623 g/mol. The van der Waals surface area contributed by atoms with Crippen molar-refractivity contribution in [2.75, 3.05) is 12.5 Å². The SMILES string of the molecule is Cc1ccccc1CNC(=O)C1N(C(=O)C(O)C(Cc2ccccc2)NC(=O)OCC2c3ccccc3-c3ccccc32)CSC1(C)C. The molecule has 3 N–H and O–H groups in total. The van der Waals surface area contributed by atoms with Crippen molar-refractivity contribution in [2.45, 2.75) is 62.6 Å². The number of fused-ring (bicyclic) bond motifs is 3. The smallest absolute Gasteiger partial charge is 0.407 e. The number of benzene rings is 4. The molecule has 1 aliphatic carbocycles. The molecule has 1 heterocycles. The highest BCUT2D eigenvalue weighted by molar-refractivity contribution is 8.00. The van der Waals surface area contributed by atoms with Crippen molar-refractivity contribution < 1.29 is 24.2 Å². The van der Waals surface area contributed by atoms with Crippen LogP contribution in [-0.4, -0.2) is 63.3 Å². The van der Waals surface area contributed by atoms with E-state index in [1.54, 1.807) is 0 Å². The molecule has 2 aliphatic rings. The third-order valence-corrected chi connectivity index (χ3v) is 10.7. The van der Waals surface area contributed by atoms with E-state index in [9.17, 15) is 19.5 Å². The fourth-order valence-electron chi connectivity index (χ4n) is 6.74. The van der Waals surface area contributed by atoms with Gasteiger partial charge in [0.25, 0.3) is 5.91 Å². The Hall–Kier alpha value is -4.60. The van der Waals surface area contributed by atoms with Crippen molar-refractivity contribution in [3.63, 3.8) is 0 Å². The van der Waals surface area contributed by atoms with Gasteiger partial charge in [0.15, 0.2) is 6.10 Å². The van der Waals surface area contributed by atoms with E-state index in [-0.39, 0.29) is 30.7 Å². The van der Waals surface area contributed by atoms with E-state index in [0.717, 1.165) is 38.9 Å². The first kappa shape index (κ1) is 33.3. The molecule has 0 radical (unpaired) electrons. The van der Waals surface area contributed by atoms with Crippen LogP contribution in [0.25, 0.3) is 11.1 Å². The number of aliphatic hydroxyl groups is 1. The van der Waals surface area contributed by atoms with E-state index in [0.29, 0.717) is 6.54 Å². The lowest BCUT2D eigenvalue weighted by atomic mass is 9.97. The molecule has 0 aromatic heterocycles. The first-order valence-corrected chi connectivity index (χ1v) is 17.2. The number of carbonyl (C=O) groups excluding carboxylic acids is 3. The predicted molar refractivity (Wildman–Crippen MR) is 188 cm³/mol. The summed E-state index contributed by atoms with van der Waals surface area (Å²) >= 11 is 1.48. The quantitative estimate of drug-likeness (QED) is 0.198. The highest BCUT2D eigenvalue weighted by Crippen LogP contribution is 2.44. The number of hydrogen-bond acceptors (Lipinski definition) is 6. The van der Waals surface area contributed by atoms with Crippen molar-refractivity contribution in [1.29, 1.82) is 0 Å². The Labute approximate surface area is 285 Å². The summed E-state index contributed by atoms with van der Waals surface area (Å²) in [6, 6.07) is 31.5. The van der Waals surface area contributed by atoms with Gasteiger partial charge in [0.1, 0.15) is 12.6 Å². The molecule has 9 heteroatoms. The fourth-order valence-corrected chi connectivity index (χ4v) is 7.88. The summed E-state index contributed by atoms with van der Waals surface area (Å²) in [6.07, 6.45) is -2.16. The molecule has 3 amide bonds. The Balaban J connectivity index is 1.17. The molecule has 0 bridgehead atoms. The van der Waals surface area contributed by atoms with E-state index in [4.69, 9.17) is 4.74 Å². The van der Waals surface area contributed by atoms with Crippen LogP contribution in [0.3, 0.4) is 0 Å². The molecule has 6 rings (SSSR count). The van der Waals surface area contributed by atoms with Gasteiger partial charge in [0.2, 0.25) is 5.91 Å². The van der Waals surface area contributed by atoms with Crippen molar-refractivity contribution in [3.05, 3.63) is 131 Å². The number of aryl methyl sites for hydroxylation is 1. The van der Waals surface area contributed by atoms with E-state index in [1.807, 2.05) is 112 Å². The zero-order chi connectivity index (χ0) is 33.8. The molecule has 48 heavy (non-hydrogen) atoms. The highest BCUT2D eigenvalue weighted by Gasteiger charge is 2.49. The summed E-state index contributed by atoms with van der Waals surface area (Å²) in [5.74, 6) is -0.819. The molecule has 3 unspecified atom stereocenters. The number of hydrogen-bond donors (Lipinski definition) is 3. The van der Waals surface area contributed by atoms with Crippen molar-refractivity contribution in [3.8, 4) is 11.1 Å². The van der Waals surface area contributed by atoms with Crippen LogP contribution >= 0.6 is 11.8 Å². The van der Waals surface area contributed by atoms with Gasteiger partial charge in [-0.2, -0.15) is 0 Å². The van der Waals surface area contributed by atoms with Gasteiger partial charge in [-0.1, -0.05) is 103 Å². The van der Waals surface area contributed by atoms with Gasteiger partial charge in [0, 0.05) is 17.2 Å². The summed E-state index contributed by atoms with van der Waals surface area (Å²) in [4.78, 5) is 42.4. The predicted octanol–water partition coefficient (Wildman–Crippen LogP) is 5.80. The molecule has 1 aliphatic heterocycles. The number of aliphatic hydroxyl groups excluding tert-OH is 1. The van der Waals surface area contributed by atoms with Gasteiger partial charge >= 0.3 is 6.09 Å². The Morgan fingerprint density at radius 3 is 2.17 bits per heavy atom. The van der Waals surface area contributed by atoms with Gasteiger partial charge in [-0.25, -0.2) is 4.79 Å². The van der Waals surface area contributed by atoms with Crippen LogP contribution in [0.1, 0.15) is 47.6 Å². The van der Waals surface area contributed by atoms with Gasteiger partial charge in [-0.3, -0.25) is 9.59 Å². The monoisotopic (exact) mass is 663 g/mol. The number of nitrogens with zero attached hydrogens (tertiary/aromatic N) is 1. The van der Waals surface area contributed by atoms with Crippen molar-refractivity contribution in [2.24, 2.45) is 0 Å². The number of nitrogens with one attached hydrogen (secondary N) is 2. The molecule has 0 spiro atoms. The highest BCUT2D eigenvalue weighted by atomic mass is 32.2. The lowest BCUT2D eigenvalue weighted by Gasteiger charge is -2.33. The minimum Gasteiger partial charge on any atom is -0.449 e. The third kappa shape index (κ3) is 6.98. The van der Waals surface area contributed by atoms with Crippen LogP contribution in [0.15, 0.2) is 103 Å². The van der Waals surface area contributed by atoms with Crippen molar-refractivity contribution >= 4 is 29.7 Å². The molecule has 1 saturated heterocycles. The summed E-state index contributed by atoms with van der Waals surface area (Å²) < 4.78 is 5.19. The molecule has 4 aromatic rings. The molecular formula is C39H41N3O5S. The summed E-state index contributed by atoms with van der Waals surface area (Å²) in [5.41, 5.74) is 7.29. The van der Waals surface area contributed by atoms with Crippen LogP contribution in [0, 0.1) is 6.92 Å². The standard InChI is InChI=1S/C39H41N3O5S/c1-25-13-7-8-16-27(25)22-40-36(44)35-39(2,3)48-24-42(35)37(45)34(43)33(21-26-14-5-4-6-15-26)41-38(46)47-23-32-30-19-11-9-17-28(30)29-18-10-12-20-31(29)32/h4-20,32-35,43H,21-24H2,1-3H3,(H,40,44)(H,41,46). The largest absolute Gasteiger partial charge is 0.449 e. The number of rotatable bonds is 10. The average Bonchev–Trinajstić information content (AvgIpc) is 3.59. The second kappa shape index (κ2) is 14.3. The zero-order valence-electron chi connectivity index (χ0n) is 27.4. The number of carbonyl (C=O) groups is 3. The average molecular weight is 664 g/mol. The molecule has 248 valence electrons. The van der Waals surface area contributed by atoms with E-state index >= 15 is 0 Å². The van der Waals surface area contributed by atoms with Gasteiger partial charge in [-0.15, -0.1) is 11.8 Å². The minimum atomic E-state index is -1.62. The third-order valence-electron chi connectivity index (χ3n) is 9.37. The van der Waals surface area contributed by atoms with Crippen LogP contribution in [0.5, 0.6) is 0 Å². The molecule has 3 atom stereocenters. The molecule has 8 nitrogen and oxygen atoms in total. The Bertz CT molecular complexity index is 1750. The van der Waals surface area contributed by atoms with Crippen LogP contribution in [0.2, 0.25) is 0 Å². The topological polar surface area (TPSA) is 108 Å². The summed E-state index contributed by atoms with van der Waals surface area (Å²) in [7, 11) is 0. The number of ether oxygens (including phenoxy) is 1. The molecule has 4 aromatic carbocycles. The number of thioether (sulfide) groups is 1. The Morgan fingerprint density at radius 1 is 0.896 bits per heavy atom. The summed E-state index contributed by atoms with van der Waals surface area (Å²) in [5, 5.41) is 17.4. The molecule has 1 fully saturated rings. The maximum Gasteiger partial charge on any atom is 0.407 e. The maximum absolute atomic E-state index is 14.0. The maximum atomic E-state index is 14.0. The second-order valence-corrected chi connectivity index (χ2v) is 14.5. The van der Waals surface area contributed by atoms with Crippen molar-refractivity contribution in [1.82, 2.24) is 15.5 Å². The Kier molecular flexibility index (Phi) is 9.89. The zero-order valence-corrected chi connectivity index (χ0v) is 28.2. The minimum absolute atomic E-state index is 0.0993. The van der Waals surface area contributed by atoms with E-state index in [1.165, 1.54) is 16.7 Å². The van der Waals surface area contributed by atoms with Gasteiger partial charge < -0.3 is 25.4 Å². The van der Waals surface area contributed by atoms with Gasteiger partial charge in [-0.05, 0) is 66.1 Å². The Morgan fingerprint density at radius 2 is 1.50 bits per heavy atom. The fraction of sp³-hybridized carbons (Fsp3) is 0.308. The first-order chi connectivity index (χ1) is 23.1.